The number of carboxylic acids is 1. The molecule has 0 amide bonds. The van der Waals surface area contributed by atoms with Crippen LogP contribution < -0.4 is 10.5 Å². The Morgan fingerprint density at radius 1 is 1.59 bits per heavy atom. The van der Waals surface area contributed by atoms with Gasteiger partial charge in [0.05, 0.1) is 5.92 Å². The van der Waals surface area contributed by atoms with Crippen molar-refractivity contribution in [1.82, 2.24) is 0 Å². The summed E-state index contributed by atoms with van der Waals surface area (Å²) in [7, 11) is 0. The Morgan fingerprint density at radius 2 is 2.29 bits per heavy atom. The Hall–Kier alpha value is -1.55. The van der Waals surface area contributed by atoms with E-state index in [1.54, 1.807) is 6.07 Å². The van der Waals surface area contributed by atoms with Crippen molar-refractivity contribution >= 4 is 5.97 Å². The number of aliphatic carboxylic acids is 1. The number of benzene rings is 1. The Labute approximate surface area is 100 Å². The lowest BCUT2D eigenvalue weighted by Crippen LogP contribution is -2.26. The second kappa shape index (κ2) is 4.04. The largest absolute Gasteiger partial charge is 0.487 e. The minimum Gasteiger partial charge on any atom is -0.487 e. The maximum atomic E-state index is 11.2. The molecule has 17 heavy (non-hydrogen) atoms. The maximum absolute atomic E-state index is 11.2. The highest BCUT2D eigenvalue weighted by Gasteiger charge is 2.34. The van der Waals surface area contributed by atoms with E-state index in [0.29, 0.717) is 11.3 Å². The zero-order valence-corrected chi connectivity index (χ0v) is 10.1. The van der Waals surface area contributed by atoms with Gasteiger partial charge in [-0.05, 0) is 19.4 Å². The van der Waals surface area contributed by atoms with E-state index in [1.165, 1.54) is 0 Å². The molecule has 0 saturated carbocycles. The molecule has 0 radical (unpaired) electrons. The summed E-state index contributed by atoms with van der Waals surface area (Å²) < 4.78 is 5.84. The number of ether oxygens (including phenoxy) is 1. The number of rotatable bonds is 3. The Morgan fingerprint density at radius 3 is 2.88 bits per heavy atom. The van der Waals surface area contributed by atoms with Crippen LogP contribution in [0.4, 0.5) is 0 Å². The lowest BCUT2D eigenvalue weighted by Gasteiger charge is -2.19. The summed E-state index contributed by atoms with van der Waals surface area (Å²) in [5.74, 6) is -0.900. The molecule has 1 aliphatic rings. The summed E-state index contributed by atoms with van der Waals surface area (Å²) in [6.07, 6.45) is 0.799. The smallest absolute Gasteiger partial charge is 0.312 e. The van der Waals surface area contributed by atoms with Crippen molar-refractivity contribution in [3.05, 3.63) is 29.3 Å². The lowest BCUT2D eigenvalue weighted by atomic mass is 9.94. The van der Waals surface area contributed by atoms with Crippen LogP contribution in [-0.4, -0.2) is 23.2 Å². The van der Waals surface area contributed by atoms with E-state index < -0.39 is 11.9 Å². The Kier molecular flexibility index (Phi) is 2.83. The van der Waals surface area contributed by atoms with Crippen molar-refractivity contribution in [3.63, 3.8) is 0 Å². The van der Waals surface area contributed by atoms with Gasteiger partial charge >= 0.3 is 5.97 Å². The molecule has 0 bridgehead atoms. The van der Waals surface area contributed by atoms with Crippen molar-refractivity contribution in [2.24, 2.45) is 5.73 Å². The fourth-order valence-electron chi connectivity index (χ4n) is 2.27. The summed E-state index contributed by atoms with van der Waals surface area (Å²) in [6.45, 7) is 4.07. The number of carbonyl (C=O) groups is 1. The average molecular weight is 235 g/mol. The first-order valence-electron chi connectivity index (χ1n) is 5.68. The van der Waals surface area contributed by atoms with Gasteiger partial charge in [-0.1, -0.05) is 18.2 Å². The van der Waals surface area contributed by atoms with Crippen molar-refractivity contribution in [1.29, 1.82) is 0 Å². The van der Waals surface area contributed by atoms with Gasteiger partial charge in [-0.2, -0.15) is 0 Å². The van der Waals surface area contributed by atoms with Crippen LogP contribution in [-0.2, 0) is 11.2 Å². The van der Waals surface area contributed by atoms with E-state index >= 15 is 0 Å². The molecule has 3 N–H and O–H groups in total. The van der Waals surface area contributed by atoms with Gasteiger partial charge in [-0.25, -0.2) is 0 Å². The topological polar surface area (TPSA) is 72.6 Å². The molecule has 92 valence electrons. The minimum atomic E-state index is -0.908. The maximum Gasteiger partial charge on any atom is 0.312 e. The number of hydrogen-bond donors (Lipinski definition) is 2. The number of hydrogen-bond acceptors (Lipinski definition) is 3. The zero-order chi connectivity index (χ0) is 12.6. The molecule has 0 saturated heterocycles. The zero-order valence-electron chi connectivity index (χ0n) is 10.1. The van der Waals surface area contributed by atoms with Crippen molar-refractivity contribution in [2.45, 2.75) is 31.8 Å². The molecule has 0 aromatic heterocycles. The fourth-order valence-corrected chi connectivity index (χ4v) is 2.27. The summed E-state index contributed by atoms with van der Waals surface area (Å²) >= 11 is 0. The van der Waals surface area contributed by atoms with Gasteiger partial charge < -0.3 is 15.6 Å². The van der Waals surface area contributed by atoms with E-state index in [0.717, 1.165) is 12.0 Å². The Bertz CT molecular complexity index is 454. The molecule has 1 aromatic rings. The first kappa shape index (κ1) is 11.9. The molecule has 0 aliphatic carbocycles. The van der Waals surface area contributed by atoms with Crippen molar-refractivity contribution in [2.75, 3.05) is 6.54 Å². The monoisotopic (exact) mass is 235 g/mol. The molecular formula is C13H17NO3. The minimum absolute atomic E-state index is 0.0789. The summed E-state index contributed by atoms with van der Waals surface area (Å²) in [5.41, 5.74) is 7.01. The molecule has 2 rings (SSSR count). The van der Waals surface area contributed by atoms with Crippen LogP contribution in [0.2, 0.25) is 0 Å². The molecule has 0 spiro atoms. The number of para-hydroxylation sites is 1. The highest BCUT2D eigenvalue weighted by molar-refractivity contribution is 5.78. The second-order valence-corrected chi connectivity index (χ2v) is 5.00. The van der Waals surface area contributed by atoms with Crippen LogP contribution in [0.15, 0.2) is 18.2 Å². The summed E-state index contributed by atoms with van der Waals surface area (Å²) in [6, 6.07) is 5.62. The SMILES string of the molecule is CC1(C)Cc2cccc(C(CN)C(=O)O)c2O1. The molecule has 4 heteroatoms. The third-order valence-electron chi connectivity index (χ3n) is 3.03. The van der Waals surface area contributed by atoms with Crippen molar-refractivity contribution < 1.29 is 14.6 Å². The molecule has 1 heterocycles. The van der Waals surface area contributed by atoms with Crippen LogP contribution in [0.3, 0.4) is 0 Å². The van der Waals surface area contributed by atoms with E-state index in [-0.39, 0.29) is 12.1 Å². The van der Waals surface area contributed by atoms with Gasteiger partial charge in [0.15, 0.2) is 0 Å². The highest BCUT2D eigenvalue weighted by Crippen LogP contribution is 2.40. The third-order valence-corrected chi connectivity index (χ3v) is 3.03. The number of carboxylic acid groups (broad SMARTS) is 1. The number of fused-ring (bicyclic) bond motifs is 1. The standard InChI is InChI=1S/C13H17NO3/c1-13(2)6-8-4-3-5-9(11(8)17-13)10(7-14)12(15)16/h3-5,10H,6-7,14H2,1-2H3,(H,15,16). The quantitative estimate of drug-likeness (QED) is 0.833. The molecule has 1 aliphatic heterocycles. The Balaban J connectivity index is 2.45. The van der Waals surface area contributed by atoms with Crippen LogP contribution >= 0.6 is 0 Å². The average Bonchev–Trinajstić information content (AvgIpc) is 2.53. The van der Waals surface area contributed by atoms with Crippen LogP contribution in [0.1, 0.15) is 30.9 Å². The predicted molar refractivity (Wildman–Crippen MR) is 64.3 cm³/mol. The molecule has 4 nitrogen and oxygen atoms in total. The van der Waals surface area contributed by atoms with Gasteiger partial charge in [-0.15, -0.1) is 0 Å². The van der Waals surface area contributed by atoms with E-state index in [2.05, 4.69) is 0 Å². The van der Waals surface area contributed by atoms with Crippen molar-refractivity contribution in [3.8, 4) is 5.75 Å². The first-order valence-corrected chi connectivity index (χ1v) is 5.68. The van der Waals surface area contributed by atoms with E-state index in [1.807, 2.05) is 26.0 Å². The summed E-state index contributed by atoms with van der Waals surface area (Å²) in [5, 5.41) is 9.15. The highest BCUT2D eigenvalue weighted by atomic mass is 16.5. The molecule has 1 unspecified atom stereocenters. The first-order chi connectivity index (χ1) is 7.94. The van der Waals surface area contributed by atoms with E-state index in [9.17, 15) is 4.79 Å². The molecule has 1 atom stereocenters. The van der Waals surface area contributed by atoms with Gasteiger partial charge in [0.25, 0.3) is 0 Å². The molecule has 1 aromatic carbocycles. The van der Waals surface area contributed by atoms with Gasteiger partial charge in [0.1, 0.15) is 11.4 Å². The third kappa shape index (κ3) is 2.13. The predicted octanol–water partition coefficient (Wildman–Crippen LogP) is 1.53. The number of nitrogens with two attached hydrogens (primary N) is 1. The molecule has 0 fully saturated rings. The lowest BCUT2D eigenvalue weighted by molar-refractivity contribution is -0.138. The van der Waals surface area contributed by atoms with Crippen LogP contribution in [0, 0.1) is 0 Å². The van der Waals surface area contributed by atoms with Gasteiger partial charge in [-0.3, -0.25) is 4.79 Å². The normalized spacial score (nSPS) is 18.3. The summed E-state index contributed by atoms with van der Waals surface area (Å²) in [4.78, 5) is 11.2. The van der Waals surface area contributed by atoms with Crippen LogP contribution in [0.25, 0.3) is 0 Å². The molecular weight excluding hydrogens is 218 g/mol. The van der Waals surface area contributed by atoms with Gasteiger partial charge in [0, 0.05) is 18.5 Å². The fraction of sp³-hybridized carbons (Fsp3) is 0.462. The van der Waals surface area contributed by atoms with Gasteiger partial charge in [0.2, 0.25) is 0 Å². The van der Waals surface area contributed by atoms with Crippen LogP contribution in [0.5, 0.6) is 5.75 Å². The second-order valence-electron chi connectivity index (χ2n) is 5.00. The van der Waals surface area contributed by atoms with E-state index in [4.69, 9.17) is 15.6 Å².